The summed E-state index contributed by atoms with van der Waals surface area (Å²) in [5, 5.41) is 5.41. The molecule has 2 aromatic carbocycles. The van der Waals surface area contributed by atoms with Crippen LogP contribution >= 0.6 is 12.2 Å². The molecule has 1 aliphatic heterocycles. The van der Waals surface area contributed by atoms with Crippen LogP contribution < -0.4 is 5.32 Å². The molecular weight excluding hydrogens is 332 g/mol. The van der Waals surface area contributed by atoms with Crippen LogP contribution in [0.3, 0.4) is 0 Å². The van der Waals surface area contributed by atoms with E-state index in [1.165, 1.54) is 4.57 Å². The number of para-hydroxylation sites is 2. The molecule has 0 saturated carbocycles. The van der Waals surface area contributed by atoms with Gasteiger partial charge in [-0.05, 0) is 36.0 Å². The van der Waals surface area contributed by atoms with Crippen LogP contribution in [0.5, 0.6) is 0 Å². The second kappa shape index (κ2) is 5.26. The molecule has 2 aromatic heterocycles. The van der Waals surface area contributed by atoms with Gasteiger partial charge in [-0.1, -0.05) is 30.3 Å². The van der Waals surface area contributed by atoms with Gasteiger partial charge in [-0.2, -0.15) is 0 Å². The Labute approximate surface area is 148 Å². The van der Waals surface area contributed by atoms with E-state index in [1.807, 2.05) is 48.7 Å². The van der Waals surface area contributed by atoms with E-state index in [2.05, 4.69) is 21.4 Å². The Morgan fingerprint density at radius 2 is 1.84 bits per heavy atom. The van der Waals surface area contributed by atoms with E-state index >= 15 is 0 Å². The van der Waals surface area contributed by atoms with Gasteiger partial charge in [0, 0.05) is 28.9 Å². The van der Waals surface area contributed by atoms with Crippen LogP contribution in [0, 0.1) is 4.77 Å². The van der Waals surface area contributed by atoms with Gasteiger partial charge in [-0.25, -0.2) is 9.55 Å². The number of rotatable bonds is 2. The molecule has 2 N–H and O–H groups in total. The number of hydrogen-bond donors (Lipinski definition) is 2. The predicted molar refractivity (Wildman–Crippen MR) is 101 cm³/mol. The van der Waals surface area contributed by atoms with Crippen LogP contribution in [0.4, 0.5) is 5.82 Å². The van der Waals surface area contributed by atoms with Crippen LogP contribution in [0.15, 0.2) is 54.7 Å². The summed E-state index contributed by atoms with van der Waals surface area (Å²) in [6.45, 7) is 0. The second-order valence-electron chi connectivity index (χ2n) is 6.19. The highest BCUT2D eigenvalue weighted by Crippen LogP contribution is 2.30. The molecule has 0 fully saturated rings. The van der Waals surface area contributed by atoms with Crippen LogP contribution in [-0.4, -0.2) is 26.5 Å². The lowest BCUT2D eigenvalue weighted by atomic mass is 10.1. The zero-order valence-electron chi connectivity index (χ0n) is 13.2. The lowest BCUT2D eigenvalue weighted by molar-refractivity contribution is 0.0905. The molecule has 1 atom stereocenters. The quantitative estimate of drug-likeness (QED) is 0.540. The molecule has 4 aromatic rings. The summed E-state index contributed by atoms with van der Waals surface area (Å²) < 4.78 is 1.82. The largest absolute Gasteiger partial charge is 0.361 e. The Bertz CT molecular complexity index is 1210. The van der Waals surface area contributed by atoms with Crippen molar-refractivity contribution in [3.8, 4) is 0 Å². The van der Waals surface area contributed by atoms with Crippen molar-refractivity contribution in [2.75, 3.05) is 5.32 Å². The Morgan fingerprint density at radius 3 is 2.72 bits per heavy atom. The molecule has 122 valence electrons. The maximum Gasteiger partial charge on any atom is 0.257 e. The minimum atomic E-state index is -0.353. The minimum Gasteiger partial charge on any atom is -0.361 e. The second-order valence-corrected chi connectivity index (χ2v) is 6.56. The highest BCUT2D eigenvalue weighted by Gasteiger charge is 2.32. The van der Waals surface area contributed by atoms with E-state index in [0.717, 1.165) is 33.2 Å². The number of nitrogens with one attached hydrogen (secondary N) is 2. The number of nitrogens with zero attached hydrogens (tertiary/aromatic N) is 2. The first-order valence-electron chi connectivity index (χ1n) is 8.10. The maximum absolute atomic E-state index is 12.9. The first kappa shape index (κ1) is 14.4. The molecule has 1 aliphatic rings. The van der Waals surface area contributed by atoms with E-state index in [-0.39, 0.29) is 11.9 Å². The molecule has 0 radical (unpaired) electrons. The maximum atomic E-state index is 12.9. The highest BCUT2D eigenvalue weighted by molar-refractivity contribution is 7.71. The van der Waals surface area contributed by atoms with Crippen molar-refractivity contribution in [3.05, 3.63) is 65.1 Å². The Balaban J connectivity index is 1.59. The van der Waals surface area contributed by atoms with Gasteiger partial charge in [0.25, 0.3) is 5.91 Å². The Hall–Kier alpha value is -2.99. The molecule has 5 nitrogen and oxygen atoms in total. The fourth-order valence-electron chi connectivity index (χ4n) is 3.53. The van der Waals surface area contributed by atoms with Crippen LogP contribution in [-0.2, 0) is 6.42 Å². The van der Waals surface area contributed by atoms with Crippen LogP contribution in [0.25, 0.3) is 21.8 Å². The molecule has 5 rings (SSSR count). The molecule has 3 heterocycles. The first-order valence-corrected chi connectivity index (χ1v) is 8.51. The molecule has 0 amide bonds. The number of fused-ring (bicyclic) bond motifs is 4. The smallest absolute Gasteiger partial charge is 0.257 e. The number of anilines is 1. The van der Waals surface area contributed by atoms with Gasteiger partial charge in [-0.3, -0.25) is 4.79 Å². The number of aromatic amines is 1. The van der Waals surface area contributed by atoms with Gasteiger partial charge in [0.05, 0.1) is 5.52 Å². The van der Waals surface area contributed by atoms with Gasteiger partial charge in [0.2, 0.25) is 4.77 Å². The van der Waals surface area contributed by atoms with Crippen molar-refractivity contribution >= 4 is 45.7 Å². The molecule has 6 heteroatoms. The lowest BCUT2D eigenvalue weighted by Crippen LogP contribution is -2.27. The Kier molecular flexibility index (Phi) is 3.02. The average molecular weight is 346 g/mol. The summed E-state index contributed by atoms with van der Waals surface area (Å²) in [4.78, 5) is 20.6. The third-order valence-electron chi connectivity index (χ3n) is 4.72. The summed E-state index contributed by atoms with van der Waals surface area (Å²) >= 11 is 5.35. The third kappa shape index (κ3) is 2.11. The van der Waals surface area contributed by atoms with Crippen LogP contribution in [0.1, 0.15) is 10.4 Å². The van der Waals surface area contributed by atoms with Gasteiger partial charge < -0.3 is 10.3 Å². The average Bonchev–Trinajstić information content (AvgIpc) is 3.18. The third-order valence-corrected chi connectivity index (χ3v) is 4.99. The number of hydrogen-bond acceptors (Lipinski definition) is 4. The fourth-order valence-corrected chi connectivity index (χ4v) is 3.81. The Morgan fingerprint density at radius 1 is 1.08 bits per heavy atom. The summed E-state index contributed by atoms with van der Waals surface area (Å²) in [6.07, 6.45) is 2.56. The summed E-state index contributed by atoms with van der Waals surface area (Å²) in [6, 6.07) is 15.5. The topological polar surface area (TPSA) is 62.7 Å². The number of H-pyrrole nitrogens is 1. The summed E-state index contributed by atoms with van der Waals surface area (Å²) in [5.74, 6) is 0.689. The van der Waals surface area contributed by atoms with Crippen molar-refractivity contribution < 1.29 is 4.79 Å². The van der Waals surface area contributed by atoms with Crippen LogP contribution in [0.2, 0.25) is 0 Å². The lowest BCUT2D eigenvalue weighted by Gasteiger charge is -2.08. The molecular formula is C19H14N4OS. The normalized spacial score (nSPS) is 16.3. The fraction of sp³-hybridized carbons (Fsp3) is 0.105. The van der Waals surface area contributed by atoms with E-state index in [0.29, 0.717) is 11.2 Å². The molecule has 1 unspecified atom stereocenters. The number of aromatic nitrogens is 3. The number of benzene rings is 2. The zero-order valence-corrected chi connectivity index (χ0v) is 14.0. The van der Waals surface area contributed by atoms with Crippen molar-refractivity contribution in [3.63, 3.8) is 0 Å². The van der Waals surface area contributed by atoms with Crippen molar-refractivity contribution in [2.45, 2.75) is 12.5 Å². The molecule has 0 spiro atoms. The molecule has 0 saturated heterocycles. The standard InChI is InChI=1S/C19H14N4OS/c24-18-16(9-11-10-20-14-7-3-1-5-12(11)14)21-17-13-6-2-4-8-15(13)22-19(25)23(17)18/h1-8,10,16,20-21H,9H2. The van der Waals surface area contributed by atoms with Crippen molar-refractivity contribution in [2.24, 2.45) is 0 Å². The first-order chi connectivity index (χ1) is 12.2. The zero-order chi connectivity index (χ0) is 17.0. The van der Waals surface area contributed by atoms with Gasteiger partial charge in [-0.15, -0.1) is 0 Å². The van der Waals surface area contributed by atoms with E-state index in [1.54, 1.807) is 0 Å². The van der Waals surface area contributed by atoms with Gasteiger partial charge in [0.1, 0.15) is 11.9 Å². The molecule has 0 bridgehead atoms. The minimum absolute atomic E-state index is 0.0523. The molecule has 0 aliphatic carbocycles. The van der Waals surface area contributed by atoms with E-state index in [9.17, 15) is 4.79 Å². The molecule has 25 heavy (non-hydrogen) atoms. The highest BCUT2D eigenvalue weighted by atomic mass is 32.1. The van der Waals surface area contributed by atoms with Gasteiger partial charge in [0.15, 0.2) is 0 Å². The summed E-state index contributed by atoms with van der Waals surface area (Å²) in [7, 11) is 0. The van der Waals surface area contributed by atoms with E-state index < -0.39 is 0 Å². The SMILES string of the molecule is O=C1C(Cc2c[nH]c3ccccc23)Nc2c3ccccc3nc(=S)n21. The summed E-state index contributed by atoms with van der Waals surface area (Å²) in [5.41, 5.74) is 2.98. The predicted octanol–water partition coefficient (Wildman–Crippen LogP) is 3.92. The number of carbonyl (C=O) groups excluding carboxylic acids is 1. The van der Waals surface area contributed by atoms with Crippen molar-refractivity contribution in [1.29, 1.82) is 0 Å². The number of carbonyl (C=O) groups is 1. The van der Waals surface area contributed by atoms with Gasteiger partial charge >= 0.3 is 0 Å². The van der Waals surface area contributed by atoms with E-state index in [4.69, 9.17) is 12.2 Å². The monoisotopic (exact) mass is 346 g/mol. The van der Waals surface area contributed by atoms with Crippen molar-refractivity contribution in [1.82, 2.24) is 14.5 Å².